The lowest BCUT2D eigenvalue weighted by molar-refractivity contribution is 0.0696. The van der Waals surface area contributed by atoms with Gasteiger partial charge >= 0.3 is 5.97 Å². The maximum Gasteiger partial charge on any atom is 0.335 e. The average Bonchev–Trinajstić information content (AvgIpc) is 2.67. The molecule has 0 amide bonds. The van der Waals surface area contributed by atoms with E-state index in [1.807, 2.05) is 0 Å². The maximum absolute atomic E-state index is 12.2. The summed E-state index contributed by atoms with van der Waals surface area (Å²) in [4.78, 5) is 10.7. The van der Waals surface area contributed by atoms with E-state index in [0.717, 1.165) is 6.07 Å². The maximum atomic E-state index is 12.2. The summed E-state index contributed by atoms with van der Waals surface area (Å²) in [6.07, 6.45) is -6.86. The van der Waals surface area contributed by atoms with Gasteiger partial charge in [0.25, 0.3) is 0 Å². The molecule has 0 aliphatic carbocycles. The number of para-hydroxylation sites is 1. The van der Waals surface area contributed by atoms with Gasteiger partial charge in [0.1, 0.15) is 10.6 Å². The first kappa shape index (κ1) is 10.4. The second-order valence-corrected chi connectivity index (χ2v) is 6.20. The van der Waals surface area contributed by atoms with E-state index in [1.54, 1.807) is 18.2 Å². The summed E-state index contributed by atoms with van der Waals surface area (Å²) >= 11 is 0. The van der Waals surface area contributed by atoms with E-state index in [1.165, 1.54) is 12.1 Å². The van der Waals surface area contributed by atoms with Gasteiger partial charge in [0.15, 0.2) is 5.75 Å². The Balaban J connectivity index is 2.69. The van der Waals surface area contributed by atoms with Crippen molar-refractivity contribution >= 4 is 21.7 Å². The first-order valence-electron chi connectivity index (χ1n) is 10.8. The summed E-state index contributed by atoms with van der Waals surface area (Å²) in [5, 5.41) is 16.7. The number of hydrogen-bond acceptors (Lipinski definition) is 5. The summed E-state index contributed by atoms with van der Waals surface area (Å²) in [6.45, 7) is -5.79. The molecule has 0 aliphatic heterocycles. The second-order valence-electron chi connectivity index (χ2n) is 4.67. The Labute approximate surface area is 157 Å². The van der Waals surface area contributed by atoms with Crippen molar-refractivity contribution in [2.24, 2.45) is 5.14 Å². The summed E-state index contributed by atoms with van der Waals surface area (Å²) in [5.41, 5.74) is -1.15. The van der Waals surface area contributed by atoms with Crippen molar-refractivity contribution < 1.29 is 34.0 Å². The molecule has 1 atom stereocenters. The molecular weight excluding hydrogens is 344 g/mol. The van der Waals surface area contributed by atoms with Gasteiger partial charge in [-0.05, 0) is 30.6 Å². The molecule has 134 valence electrons. The Morgan fingerprint density at radius 1 is 1.36 bits per heavy atom. The zero-order valence-electron chi connectivity index (χ0n) is 20.7. The van der Waals surface area contributed by atoms with Gasteiger partial charge in [-0.2, -0.15) is 0 Å². The smallest absolute Gasteiger partial charge is 0.335 e. The van der Waals surface area contributed by atoms with Gasteiger partial charge in [-0.1, -0.05) is 31.4 Å². The van der Waals surface area contributed by atoms with Crippen LogP contribution in [-0.4, -0.2) is 26.0 Å². The van der Waals surface area contributed by atoms with Crippen molar-refractivity contribution in [2.45, 2.75) is 24.5 Å². The molecule has 1 unspecified atom stereocenters. The predicted molar refractivity (Wildman–Crippen MR) is 94.7 cm³/mol. The normalized spacial score (nSPS) is 18.8. The third kappa shape index (κ3) is 4.94. The molecule has 0 aromatic heterocycles. The quantitative estimate of drug-likeness (QED) is 0.655. The van der Waals surface area contributed by atoms with E-state index < -0.39 is 64.0 Å². The number of aromatic carboxylic acids is 1. The summed E-state index contributed by atoms with van der Waals surface area (Å²) in [7, 11) is -4.60. The molecule has 2 aromatic rings. The number of carbonyl (C=O) groups is 1. The van der Waals surface area contributed by atoms with Crippen LogP contribution in [0.3, 0.4) is 0 Å². The lowest BCUT2D eigenvalue weighted by Crippen LogP contribution is -2.16. The van der Waals surface area contributed by atoms with E-state index in [0.29, 0.717) is 6.07 Å². The number of hydrogen-bond donors (Lipinski definition) is 3. The second kappa shape index (κ2) is 8.00. The number of benzene rings is 2. The van der Waals surface area contributed by atoms with Crippen molar-refractivity contribution in [2.75, 3.05) is 11.8 Å². The van der Waals surface area contributed by atoms with Gasteiger partial charge in [-0.3, -0.25) is 0 Å². The highest BCUT2D eigenvalue weighted by molar-refractivity contribution is 7.89. The minimum Gasteiger partial charge on any atom is -0.478 e. The fraction of sp³-hybridized carbons (Fsp3) is 0.235. The molecule has 2 rings (SSSR count). The van der Waals surface area contributed by atoms with E-state index >= 15 is 0 Å². The molecule has 7 nitrogen and oxygen atoms in total. The number of sulfonamides is 1. The van der Waals surface area contributed by atoms with Crippen molar-refractivity contribution in [3.8, 4) is 11.5 Å². The van der Waals surface area contributed by atoms with Crippen LogP contribution in [0.5, 0.6) is 11.5 Å². The van der Waals surface area contributed by atoms with Gasteiger partial charge < -0.3 is 15.2 Å². The van der Waals surface area contributed by atoms with Crippen LogP contribution in [0.1, 0.15) is 40.9 Å². The van der Waals surface area contributed by atoms with Gasteiger partial charge in [0.05, 0.1) is 11.3 Å². The van der Waals surface area contributed by atoms with E-state index in [4.69, 9.17) is 20.8 Å². The molecule has 0 radical (unpaired) electrons. The molecule has 4 N–H and O–H groups in total. The van der Waals surface area contributed by atoms with E-state index in [2.05, 4.69) is 5.32 Å². The molecule has 0 fully saturated rings. The first-order valence-corrected chi connectivity index (χ1v) is 8.30. The minimum atomic E-state index is -4.60. The third-order valence-electron chi connectivity index (χ3n) is 2.94. The molecule has 8 heteroatoms. The van der Waals surface area contributed by atoms with Crippen LogP contribution in [0, 0.1) is 0 Å². The van der Waals surface area contributed by atoms with Crippen LogP contribution >= 0.6 is 0 Å². The Morgan fingerprint density at radius 2 is 2.08 bits per heavy atom. The van der Waals surface area contributed by atoms with Crippen LogP contribution in [-0.2, 0) is 10.0 Å². The summed E-state index contributed by atoms with van der Waals surface area (Å²) in [6, 6.07) is 9.10. The molecule has 0 aliphatic rings. The fourth-order valence-electron chi connectivity index (χ4n) is 1.91. The Hall–Kier alpha value is -2.58. The highest BCUT2D eigenvalue weighted by Gasteiger charge is 2.23. The highest BCUT2D eigenvalue weighted by atomic mass is 32.2. The predicted octanol–water partition coefficient (Wildman–Crippen LogP) is 3.04. The molecule has 0 spiro atoms. The number of anilines is 1. The monoisotopic (exact) mass is 372 g/mol. The number of ether oxygens (including phenoxy) is 1. The van der Waals surface area contributed by atoms with Crippen molar-refractivity contribution in [1.29, 1.82) is 0 Å². The molecule has 0 saturated heterocycles. The Bertz CT molecular complexity index is 1140. The standard InChI is InChI=1S/C17H20N2O5S/c1-2-3-9-19-14-10-12(17(20)21)11-15(25(18,22)23)16(14)24-13-7-5-4-6-8-13/h4-8,10-11,19H,2-3,9H2,1H3,(H,20,21)(H2,18,22,23)/i1D3,2D2,3D2,9D. The zero-order valence-corrected chi connectivity index (χ0v) is 13.5. The van der Waals surface area contributed by atoms with Crippen molar-refractivity contribution in [3.05, 3.63) is 48.0 Å². The summed E-state index contributed by atoms with van der Waals surface area (Å²) < 4.78 is 91.0. The van der Waals surface area contributed by atoms with Crippen LogP contribution in [0.15, 0.2) is 47.4 Å². The molecule has 0 saturated carbocycles. The first-order chi connectivity index (χ1) is 14.9. The van der Waals surface area contributed by atoms with Crippen molar-refractivity contribution in [3.63, 3.8) is 0 Å². The van der Waals surface area contributed by atoms with E-state index in [9.17, 15) is 18.3 Å². The number of primary sulfonamides is 1. The van der Waals surface area contributed by atoms with E-state index in [-0.39, 0.29) is 5.75 Å². The number of nitrogens with two attached hydrogens (primary N) is 1. The SMILES string of the molecule is [2H]C(Nc1cc(C(=O)O)cc(S(N)(=O)=O)c1Oc1ccccc1)C([2H])([2H])C([2H])([2H])C([2H])([2H])[2H]. The van der Waals surface area contributed by atoms with Gasteiger partial charge in [-0.25, -0.2) is 18.4 Å². The number of rotatable bonds is 8. The van der Waals surface area contributed by atoms with Crippen LogP contribution in [0.4, 0.5) is 5.69 Å². The average molecular weight is 372 g/mol. The fourth-order valence-corrected chi connectivity index (χ4v) is 2.61. The van der Waals surface area contributed by atoms with Gasteiger partial charge in [0, 0.05) is 17.5 Å². The molecule has 2 aromatic carbocycles. The van der Waals surface area contributed by atoms with Gasteiger partial charge in [0.2, 0.25) is 10.0 Å². The van der Waals surface area contributed by atoms with Crippen LogP contribution in [0.25, 0.3) is 0 Å². The molecular formula is C17H20N2O5S. The number of nitrogens with one attached hydrogen (secondary N) is 1. The van der Waals surface area contributed by atoms with Gasteiger partial charge in [-0.15, -0.1) is 0 Å². The largest absolute Gasteiger partial charge is 0.478 e. The topological polar surface area (TPSA) is 119 Å². The molecule has 0 bridgehead atoms. The van der Waals surface area contributed by atoms with Crippen molar-refractivity contribution in [1.82, 2.24) is 0 Å². The highest BCUT2D eigenvalue weighted by Crippen LogP contribution is 2.37. The number of carboxylic acid groups (broad SMARTS) is 1. The van der Waals surface area contributed by atoms with Crippen LogP contribution in [0.2, 0.25) is 0 Å². The Kier molecular flexibility index (Phi) is 3.33. The molecule has 0 heterocycles. The number of carboxylic acids is 1. The lowest BCUT2D eigenvalue weighted by Gasteiger charge is -2.17. The molecule has 25 heavy (non-hydrogen) atoms. The Morgan fingerprint density at radius 3 is 2.68 bits per heavy atom. The summed E-state index contributed by atoms with van der Waals surface area (Å²) in [5.74, 6) is -2.09. The van der Waals surface area contributed by atoms with Crippen LogP contribution < -0.4 is 15.2 Å². The lowest BCUT2D eigenvalue weighted by atomic mass is 10.1. The minimum absolute atomic E-state index is 0.0795. The zero-order chi connectivity index (χ0) is 25.4. The third-order valence-corrected chi connectivity index (χ3v) is 3.86.